The zero-order valence-electron chi connectivity index (χ0n) is 15.6. The van der Waals surface area contributed by atoms with Crippen LogP contribution in [0.3, 0.4) is 0 Å². The molecule has 0 rings (SSSR count). The van der Waals surface area contributed by atoms with Crippen LogP contribution in [0.1, 0.15) is 45.4 Å². The molecule has 0 fully saturated rings. The third-order valence-corrected chi connectivity index (χ3v) is 4.14. The first-order chi connectivity index (χ1) is 11.7. The van der Waals surface area contributed by atoms with Gasteiger partial charge in [0.15, 0.2) is 0 Å². The predicted molar refractivity (Wildman–Crippen MR) is 110 cm³/mol. The molecular weight excluding hydrogens is 292 g/mol. The average Bonchev–Trinajstić information content (AvgIpc) is 2.60. The molecule has 0 spiro atoms. The van der Waals surface area contributed by atoms with Crippen molar-refractivity contribution in [3.63, 3.8) is 0 Å². The molecule has 2 unspecified atom stereocenters. The molecule has 0 aliphatic carbocycles. The highest BCUT2D eigenvalue weighted by Crippen LogP contribution is 2.25. The summed E-state index contributed by atoms with van der Waals surface area (Å²) in [5.41, 5.74) is 1.30. The van der Waals surface area contributed by atoms with E-state index in [-0.39, 0.29) is 0 Å². The van der Waals surface area contributed by atoms with Crippen molar-refractivity contribution in [1.29, 1.82) is 5.41 Å². The van der Waals surface area contributed by atoms with E-state index in [4.69, 9.17) is 5.41 Å². The van der Waals surface area contributed by atoms with Gasteiger partial charge in [-0.25, -0.2) is 0 Å². The molecule has 2 heteroatoms. The molecule has 134 valence electrons. The standard InChI is InChI=1S/C22H36N2/c1-5-8-10-12-20(7-3)13-11-15-21(16-18-23)22(14-9-6-2)17-19-24-4/h6-10,14,17-18,20-21,23-24H,2-3,5,11-13,15-16,19H2,1,4H3. The van der Waals surface area contributed by atoms with Crippen LogP contribution in [0.15, 0.2) is 61.3 Å². The summed E-state index contributed by atoms with van der Waals surface area (Å²) in [5.74, 6) is 0.964. The largest absolute Gasteiger partial charge is 0.316 e. The Morgan fingerprint density at radius 1 is 1.17 bits per heavy atom. The van der Waals surface area contributed by atoms with Crippen molar-refractivity contribution in [1.82, 2.24) is 5.32 Å². The summed E-state index contributed by atoms with van der Waals surface area (Å²) in [7, 11) is 1.95. The Hall–Kier alpha value is -1.67. The molecule has 0 aromatic rings. The number of hydrogen-bond acceptors (Lipinski definition) is 2. The van der Waals surface area contributed by atoms with Crippen LogP contribution >= 0.6 is 0 Å². The molecule has 2 nitrogen and oxygen atoms in total. The van der Waals surface area contributed by atoms with Gasteiger partial charge in [0, 0.05) is 6.54 Å². The van der Waals surface area contributed by atoms with Crippen molar-refractivity contribution in [2.45, 2.75) is 45.4 Å². The Balaban J connectivity index is 4.70. The maximum absolute atomic E-state index is 7.51. The van der Waals surface area contributed by atoms with E-state index in [0.717, 1.165) is 45.1 Å². The minimum absolute atomic E-state index is 0.406. The molecule has 0 heterocycles. The molecule has 0 aromatic heterocycles. The van der Waals surface area contributed by atoms with Gasteiger partial charge in [-0.3, -0.25) is 0 Å². The number of likely N-dealkylation sites (N-methyl/N-ethyl adjacent to an activating group) is 1. The van der Waals surface area contributed by atoms with E-state index in [2.05, 4.69) is 55.8 Å². The van der Waals surface area contributed by atoms with Crippen LogP contribution in [-0.4, -0.2) is 19.8 Å². The summed E-state index contributed by atoms with van der Waals surface area (Å²) in [5, 5.41) is 10.7. The minimum Gasteiger partial charge on any atom is -0.316 e. The monoisotopic (exact) mass is 328 g/mol. The number of rotatable bonds is 15. The van der Waals surface area contributed by atoms with Crippen LogP contribution in [0.5, 0.6) is 0 Å². The van der Waals surface area contributed by atoms with Crippen molar-refractivity contribution in [2.75, 3.05) is 13.6 Å². The summed E-state index contributed by atoms with van der Waals surface area (Å²) in [6, 6.07) is 0. The lowest BCUT2D eigenvalue weighted by Gasteiger charge is -2.18. The van der Waals surface area contributed by atoms with Crippen LogP contribution in [0, 0.1) is 17.2 Å². The number of allylic oxidation sites excluding steroid dienone is 7. The highest BCUT2D eigenvalue weighted by molar-refractivity contribution is 5.54. The van der Waals surface area contributed by atoms with Crippen LogP contribution in [0.4, 0.5) is 0 Å². The summed E-state index contributed by atoms with van der Waals surface area (Å²) in [4.78, 5) is 0. The van der Waals surface area contributed by atoms with Gasteiger partial charge < -0.3 is 10.7 Å². The second-order valence-corrected chi connectivity index (χ2v) is 6.04. The second-order valence-electron chi connectivity index (χ2n) is 6.04. The average molecular weight is 329 g/mol. The molecule has 24 heavy (non-hydrogen) atoms. The molecule has 0 saturated carbocycles. The van der Waals surface area contributed by atoms with Gasteiger partial charge in [-0.1, -0.05) is 62.5 Å². The van der Waals surface area contributed by atoms with E-state index in [1.54, 1.807) is 0 Å². The van der Waals surface area contributed by atoms with Gasteiger partial charge >= 0.3 is 0 Å². The lowest BCUT2D eigenvalue weighted by Crippen LogP contribution is -2.10. The van der Waals surface area contributed by atoms with Gasteiger partial charge in [0.2, 0.25) is 0 Å². The van der Waals surface area contributed by atoms with E-state index < -0.39 is 0 Å². The van der Waals surface area contributed by atoms with Crippen LogP contribution in [0.25, 0.3) is 0 Å². The van der Waals surface area contributed by atoms with Gasteiger partial charge in [-0.15, -0.1) is 6.58 Å². The SMILES string of the molecule is C=CC=CC(=CCNC)C(CC=N)CCCC(C=C)CC=CCC. The van der Waals surface area contributed by atoms with Crippen molar-refractivity contribution >= 4 is 6.21 Å². The maximum atomic E-state index is 7.51. The Kier molecular flexibility index (Phi) is 15.1. The van der Waals surface area contributed by atoms with Gasteiger partial charge in [-0.2, -0.15) is 0 Å². The fourth-order valence-electron chi connectivity index (χ4n) is 2.73. The van der Waals surface area contributed by atoms with Crippen molar-refractivity contribution < 1.29 is 0 Å². The molecule has 0 radical (unpaired) electrons. The molecular formula is C22H36N2. The highest BCUT2D eigenvalue weighted by atomic mass is 14.8. The third kappa shape index (κ3) is 11.0. The molecule has 0 aliphatic heterocycles. The van der Waals surface area contributed by atoms with Crippen molar-refractivity contribution in [3.05, 3.63) is 61.3 Å². The summed E-state index contributed by atoms with van der Waals surface area (Å²) < 4.78 is 0. The zero-order valence-corrected chi connectivity index (χ0v) is 15.6. The van der Waals surface area contributed by atoms with Gasteiger partial charge in [-0.05, 0) is 62.8 Å². The van der Waals surface area contributed by atoms with Crippen LogP contribution in [-0.2, 0) is 0 Å². The third-order valence-electron chi connectivity index (χ3n) is 4.14. The van der Waals surface area contributed by atoms with E-state index in [1.807, 2.05) is 19.2 Å². The molecule has 0 bridgehead atoms. The van der Waals surface area contributed by atoms with E-state index in [1.165, 1.54) is 11.8 Å². The fraction of sp³-hybridized carbons (Fsp3) is 0.500. The first-order valence-corrected chi connectivity index (χ1v) is 9.13. The first kappa shape index (κ1) is 22.3. The fourth-order valence-corrected chi connectivity index (χ4v) is 2.73. The zero-order chi connectivity index (χ0) is 18.0. The quantitative estimate of drug-likeness (QED) is 0.220. The number of nitrogens with one attached hydrogen (secondary N) is 2. The first-order valence-electron chi connectivity index (χ1n) is 9.13. The van der Waals surface area contributed by atoms with Crippen molar-refractivity contribution in [3.8, 4) is 0 Å². The second kappa shape index (κ2) is 16.2. The topological polar surface area (TPSA) is 35.9 Å². The molecule has 2 atom stereocenters. The van der Waals surface area contributed by atoms with Crippen LogP contribution < -0.4 is 5.32 Å². The molecule has 0 saturated heterocycles. The Morgan fingerprint density at radius 2 is 1.96 bits per heavy atom. The van der Waals surface area contributed by atoms with E-state index >= 15 is 0 Å². The smallest absolute Gasteiger partial charge is 0.0137 e. The van der Waals surface area contributed by atoms with E-state index in [0.29, 0.717) is 11.8 Å². The lowest BCUT2D eigenvalue weighted by molar-refractivity contribution is 0.491. The molecule has 0 aliphatic rings. The lowest BCUT2D eigenvalue weighted by atomic mass is 9.87. The summed E-state index contributed by atoms with van der Waals surface area (Å²) in [6.45, 7) is 10.7. The highest BCUT2D eigenvalue weighted by Gasteiger charge is 2.12. The Bertz CT molecular complexity index is 429. The number of hydrogen-bond donors (Lipinski definition) is 2. The van der Waals surface area contributed by atoms with Gasteiger partial charge in [0.1, 0.15) is 0 Å². The summed E-state index contributed by atoms with van der Waals surface area (Å²) >= 11 is 0. The Labute approximate surface area is 149 Å². The van der Waals surface area contributed by atoms with Crippen LogP contribution in [0.2, 0.25) is 0 Å². The van der Waals surface area contributed by atoms with Gasteiger partial charge in [0.05, 0.1) is 0 Å². The normalized spacial score (nSPS) is 14.8. The van der Waals surface area contributed by atoms with Gasteiger partial charge in [0.25, 0.3) is 0 Å². The van der Waals surface area contributed by atoms with Crippen molar-refractivity contribution in [2.24, 2.45) is 11.8 Å². The molecule has 0 amide bonds. The minimum atomic E-state index is 0.406. The predicted octanol–water partition coefficient (Wildman–Crippen LogP) is 5.86. The van der Waals surface area contributed by atoms with E-state index in [9.17, 15) is 0 Å². The maximum Gasteiger partial charge on any atom is 0.0137 e. The molecule has 2 N–H and O–H groups in total. The Morgan fingerprint density at radius 3 is 2.54 bits per heavy atom. The summed E-state index contributed by atoms with van der Waals surface area (Å²) in [6.07, 6.45) is 22.7. The molecule has 0 aromatic carbocycles.